The Morgan fingerprint density at radius 3 is 2.55 bits per heavy atom. The number of fused-ring (bicyclic) bond motifs is 1. The first kappa shape index (κ1) is 13.1. The molecule has 3 aromatic rings. The van der Waals surface area contributed by atoms with Crippen LogP contribution in [0, 0.1) is 6.92 Å². The van der Waals surface area contributed by atoms with E-state index in [0.717, 1.165) is 33.3 Å². The molecule has 3 heteroatoms. The smallest absolute Gasteiger partial charge is 0.0705 e. The Hall–Kier alpha value is -1.90. The van der Waals surface area contributed by atoms with Gasteiger partial charge in [-0.2, -0.15) is 0 Å². The van der Waals surface area contributed by atoms with Crippen molar-refractivity contribution in [2.75, 3.05) is 0 Å². The van der Waals surface area contributed by atoms with Crippen molar-refractivity contribution < 1.29 is 0 Å². The minimum absolute atomic E-state index is 0.445. The van der Waals surface area contributed by atoms with Crippen molar-refractivity contribution in [1.82, 2.24) is 4.98 Å². The van der Waals surface area contributed by atoms with E-state index in [1.807, 2.05) is 37.3 Å². The van der Waals surface area contributed by atoms with E-state index in [4.69, 9.17) is 17.3 Å². The first-order valence-electron chi connectivity index (χ1n) is 6.53. The standard InChI is InChI=1S/C17H15ClN2/c1-11-2-3-14-8-13(5-7-17(14)20-11)12-4-6-16(18)15(9-12)10-19/h2-9H,10,19H2,1H3. The summed E-state index contributed by atoms with van der Waals surface area (Å²) in [5.74, 6) is 0. The van der Waals surface area contributed by atoms with Crippen LogP contribution < -0.4 is 5.73 Å². The second-order valence-electron chi connectivity index (χ2n) is 4.87. The Kier molecular flexibility index (Phi) is 3.43. The molecular weight excluding hydrogens is 268 g/mol. The Bertz CT molecular complexity index is 781. The fourth-order valence-electron chi connectivity index (χ4n) is 2.32. The Morgan fingerprint density at radius 2 is 1.75 bits per heavy atom. The third-order valence-corrected chi connectivity index (χ3v) is 3.80. The van der Waals surface area contributed by atoms with Gasteiger partial charge < -0.3 is 5.73 Å². The molecule has 1 heterocycles. The summed E-state index contributed by atoms with van der Waals surface area (Å²) in [6.45, 7) is 2.45. The fourth-order valence-corrected chi connectivity index (χ4v) is 2.51. The van der Waals surface area contributed by atoms with Crippen LogP contribution in [0.25, 0.3) is 22.0 Å². The van der Waals surface area contributed by atoms with Gasteiger partial charge in [-0.25, -0.2) is 0 Å². The summed E-state index contributed by atoms with van der Waals surface area (Å²) in [6, 6.07) is 16.4. The minimum Gasteiger partial charge on any atom is -0.326 e. The van der Waals surface area contributed by atoms with Crippen molar-refractivity contribution in [3.05, 3.63) is 64.8 Å². The van der Waals surface area contributed by atoms with Gasteiger partial charge in [0.15, 0.2) is 0 Å². The van der Waals surface area contributed by atoms with Gasteiger partial charge in [0.25, 0.3) is 0 Å². The fraction of sp³-hybridized carbons (Fsp3) is 0.118. The third kappa shape index (κ3) is 2.40. The van der Waals surface area contributed by atoms with Gasteiger partial charge in [-0.05, 0) is 53.9 Å². The van der Waals surface area contributed by atoms with Crippen molar-refractivity contribution in [2.24, 2.45) is 5.73 Å². The van der Waals surface area contributed by atoms with Crippen LogP contribution in [-0.4, -0.2) is 4.98 Å². The predicted molar refractivity (Wildman–Crippen MR) is 84.8 cm³/mol. The van der Waals surface area contributed by atoms with Gasteiger partial charge in [-0.1, -0.05) is 29.8 Å². The van der Waals surface area contributed by atoms with E-state index in [9.17, 15) is 0 Å². The molecule has 0 unspecified atom stereocenters. The first-order chi connectivity index (χ1) is 9.67. The molecule has 0 spiro atoms. The maximum atomic E-state index is 6.11. The topological polar surface area (TPSA) is 38.9 Å². The molecule has 0 fully saturated rings. The number of aryl methyl sites for hydroxylation is 1. The lowest BCUT2D eigenvalue weighted by Crippen LogP contribution is -1.97. The predicted octanol–water partition coefficient (Wildman–Crippen LogP) is 4.32. The van der Waals surface area contributed by atoms with Crippen LogP contribution >= 0.6 is 11.6 Å². The second-order valence-corrected chi connectivity index (χ2v) is 5.28. The van der Waals surface area contributed by atoms with E-state index in [2.05, 4.69) is 23.2 Å². The van der Waals surface area contributed by atoms with E-state index < -0.39 is 0 Å². The number of nitrogens with two attached hydrogens (primary N) is 1. The number of halogens is 1. The number of hydrogen-bond acceptors (Lipinski definition) is 2. The van der Waals surface area contributed by atoms with E-state index in [0.29, 0.717) is 11.6 Å². The monoisotopic (exact) mass is 282 g/mol. The molecule has 0 aliphatic rings. The van der Waals surface area contributed by atoms with E-state index in [1.54, 1.807) is 0 Å². The maximum Gasteiger partial charge on any atom is 0.0705 e. The van der Waals surface area contributed by atoms with Gasteiger partial charge >= 0.3 is 0 Å². The largest absolute Gasteiger partial charge is 0.326 e. The molecule has 3 rings (SSSR count). The lowest BCUT2D eigenvalue weighted by atomic mass is 10.0. The van der Waals surface area contributed by atoms with Gasteiger partial charge in [-0.3, -0.25) is 4.98 Å². The summed E-state index contributed by atoms with van der Waals surface area (Å²) in [6.07, 6.45) is 0. The highest BCUT2D eigenvalue weighted by atomic mass is 35.5. The van der Waals surface area contributed by atoms with Crippen molar-refractivity contribution >= 4 is 22.5 Å². The van der Waals surface area contributed by atoms with Crippen molar-refractivity contribution in [3.63, 3.8) is 0 Å². The molecule has 1 aromatic heterocycles. The molecule has 0 radical (unpaired) electrons. The lowest BCUT2D eigenvalue weighted by molar-refractivity contribution is 1.07. The van der Waals surface area contributed by atoms with Gasteiger partial charge in [0.1, 0.15) is 0 Å². The van der Waals surface area contributed by atoms with Crippen LogP contribution in [0.3, 0.4) is 0 Å². The number of aromatic nitrogens is 1. The van der Waals surface area contributed by atoms with E-state index in [-0.39, 0.29) is 0 Å². The zero-order valence-electron chi connectivity index (χ0n) is 11.2. The Balaban J connectivity index is 2.12. The number of nitrogens with zero attached hydrogens (tertiary/aromatic N) is 1. The quantitative estimate of drug-likeness (QED) is 0.760. The molecular formula is C17H15ClN2. The second kappa shape index (κ2) is 5.23. The molecule has 0 bridgehead atoms. The number of rotatable bonds is 2. The maximum absolute atomic E-state index is 6.11. The first-order valence-corrected chi connectivity index (χ1v) is 6.91. The molecule has 0 aliphatic carbocycles. The van der Waals surface area contributed by atoms with Crippen LogP contribution in [0.15, 0.2) is 48.5 Å². The third-order valence-electron chi connectivity index (χ3n) is 3.43. The normalized spacial score (nSPS) is 10.9. The molecule has 100 valence electrons. The van der Waals surface area contributed by atoms with Gasteiger partial charge in [0.05, 0.1) is 5.52 Å². The summed E-state index contributed by atoms with van der Waals surface area (Å²) < 4.78 is 0. The van der Waals surface area contributed by atoms with Crippen molar-refractivity contribution in [1.29, 1.82) is 0 Å². The van der Waals surface area contributed by atoms with Crippen LogP contribution in [-0.2, 0) is 6.54 Å². The molecule has 2 N–H and O–H groups in total. The number of pyridine rings is 1. The molecule has 20 heavy (non-hydrogen) atoms. The van der Waals surface area contributed by atoms with Gasteiger partial charge in [0, 0.05) is 22.6 Å². The molecule has 0 atom stereocenters. The number of benzene rings is 2. The SMILES string of the molecule is Cc1ccc2cc(-c3ccc(Cl)c(CN)c3)ccc2n1. The average Bonchev–Trinajstić information content (AvgIpc) is 2.47. The lowest BCUT2D eigenvalue weighted by Gasteiger charge is -2.07. The molecule has 2 nitrogen and oxygen atoms in total. The zero-order valence-corrected chi connectivity index (χ0v) is 12.0. The highest BCUT2D eigenvalue weighted by Gasteiger charge is 2.04. The molecule has 0 saturated heterocycles. The van der Waals surface area contributed by atoms with E-state index >= 15 is 0 Å². The highest BCUT2D eigenvalue weighted by molar-refractivity contribution is 6.31. The summed E-state index contributed by atoms with van der Waals surface area (Å²) >= 11 is 6.11. The zero-order chi connectivity index (χ0) is 14.1. The Labute approximate surface area is 123 Å². The minimum atomic E-state index is 0.445. The number of hydrogen-bond donors (Lipinski definition) is 1. The van der Waals surface area contributed by atoms with Crippen LogP contribution in [0.5, 0.6) is 0 Å². The highest BCUT2D eigenvalue weighted by Crippen LogP contribution is 2.27. The summed E-state index contributed by atoms with van der Waals surface area (Å²) in [4.78, 5) is 4.52. The molecule has 0 amide bonds. The van der Waals surface area contributed by atoms with Crippen molar-refractivity contribution in [3.8, 4) is 11.1 Å². The van der Waals surface area contributed by atoms with Gasteiger partial charge in [0.2, 0.25) is 0 Å². The van der Waals surface area contributed by atoms with E-state index in [1.165, 1.54) is 0 Å². The van der Waals surface area contributed by atoms with Crippen LogP contribution in [0.2, 0.25) is 5.02 Å². The molecule has 2 aromatic carbocycles. The van der Waals surface area contributed by atoms with Gasteiger partial charge in [-0.15, -0.1) is 0 Å². The van der Waals surface area contributed by atoms with Crippen molar-refractivity contribution in [2.45, 2.75) is 13.5 Å². The molecule has 0 aliphatic heterocycles. The average molecular weight is 283 g/mol. The van der Waals surface area contributed by atoms with Crippen LogP contribution in [0.1, 0.15) is 11.3 Å². The summed E-state index contributed by atoms with van der Waals surface area (Å²) in [5, 5.41) is 1.85. The molecule has 0 saturated carbocycles. The van der Waals surface area contributed by atoms with Crippen LogP contribution in [0.4, 0.5) is 0 Å². The summed E-state index contributed by atoms with van der Waals surface area (Å²) in [7, 11) is 0. The Morgan fingerprint density at radius 1 is 1.00 bits per heavy atom. The summed E-state index contributed by atoms with van der Waals surface area (Å²) in [5.41, 5.74) is 11.0.